The maximum Gasteiger partial charge on any atom is 0.501 e. The fourth-order valence-electron chi connectivity index (χ4n) is 2.29. The van der Waals surface area contributed by atoms with E-state index in [1.807, 2.05) is 0 Å². The lowest BCUT2D eigenvalue weighted by Gasteiger charge is -2.28. The van der Waals surface area contributed by atoms with Gasteiger partial charge in [0, 0.05) is 19.6 Å². The molecule has 9 heteroatoms. The molecule has 4 nitrogen and oxygen atoms in total. The van der Waals surface area contributed by atoms with Crippen LogP contribution in [-0.2, 0) is 9.84 Å². The summed E-state index contributed by atoms with van der Waals surface area (Å²) in [4.78, 5) is 0.391. The molecule has 1 N–H and O–H groups in total. The minimum Gasteiger partial charge on any atom is -0.369 e. The second-order valence-electron chi connectivity index (χ2n) is 4.82. The smallest absolute Gasteiger partial charge is 0.369 e. The minimum atomic E-state index is -5.61. The van der Waals surface area contributed by atoms with E-state index in [4.69, 9.17) is 0 Å². The van der Waals surface area contributed by atoms with Crippen molar-refractivity contribution < 1.29 is 26.0 Å². The Kier molecular flexibility index (Phi) is 4.16. The molecule has 0 saturated carbocycles. The number of halogens is 4. The second-order valence-corrected chi connectivity index (χ2v) is 6.73. The number of rotatable bonds is 3. The van der Waals surface area contributed by atoms with Crippen LogP contribution in [0.3, 0.4) is 0 Å². The summed E-state index contributed by atoms with van der Waals surface area (Å²) in [7, 11) is -4.11. The number of benzene rings is 1. The van der Waals surface area contributed by atoms with E-state index < -0.39 is 26.1 Å². The molecule has 1 aromatic rings. The summed E-state index contributed by atoms with van der Waals surface area (Å²) >= 11 is 0. The number of anilines is 1. The zero-order valence-corrected chi connectivity index (χ0v) is 11.9. The van der Waals surface area contributed by atoms with Crippen molar-refractivity contribution in [3.05, 3.63) is 24.0 Å². The Morgan fingerprint density at radius 2 is 2.00 bits per heavy atom. The summed E-state index contributed by atoms with van der Waals surface area (Å²) < 4.78 is 74.7. The molecule has 118 valence electrons. The Bertz CT molecular complexity index is 625. The van der Waals surface area contributed by atoms with E-state index >= 15 is 0 Å². The van der Waals surface area contributed by atoms with Gasteiger partial charge in [0.15, 0.2) is 0 Å². The SMILES string of the molecule is CN(c1ccc(F)cc1S(=O)(=O)C(F)(F)F)C1CCNC1. The summed E-state index contributed by atoms with van der Waals surface area (Å²) in [6, 6.07) is 2.28. The van der Waals surface area contributed by atoms with Crippen LogP contribution in [0, 0.1) is 5.82 Å². The van der Waals surface area contributed by atoms with Gasteiger partial charge in [-0.2, -0.15) is 13.2 Å². The summed E-state index contributed by atoms with van der Waals surface area (Å²) in [5, 5.41) is 3.04. The Balaban J connectivity index is 2.53. The van der Waals surface area contributed by atoms with Gasteiger partial charge in [-0.05, 0) is 31.2 Å². The predicted octanol–water partition coefficient (Wildman–Crippen LogP) is 1.92. The molecular weight excluding hydrogens is 312 g/mol. The van der Waals surface area contributed by atoms with Crippen molar-refractivity contribution in [1.29, 1.82) is 0 Å². The number of likely N-dealkylation sites (N-methyl/N-ethyl adjacent to an activating group) is 1. The van der Waals surface area contributed by atoms with Gasteiger partial charge in [0.1, 0.15) is 10.7 Å². The van der Waals surface area contributed by atoms with Crippen LogP contribution < -0.4 is 10.2 Å². The third kappa shape index (κ3) is 2.98. The van der Waals surface area contributed by atoms with E-state index in [9.17, 15) is 26.0 Å². The molecular formula is C12H14F4N2O2S. The summed E-state index contributed by atoms with van der Waals surface area (Å²) in [5.41, 5.74) is -5.62. The van der Waals surface area contributed by atoms with E-state index in [0.717, 1.165) is 12.1 Å². The monoisotopic (exact) mass is 326 g/mol. The van der Waals surface area contributed by atoms with Crippen molar-refractivity contribution in [2.24, 2.45) is 0 Å². The number of nitrogens with zero attached hydrogens (tertiary/aromatic N) is 1. The van der Waals surface area contributed by atoms with Crippen LogP contribution in [0.25, 0.3) is 0 Å². The van der Waals surface area contributed by atoms with Gasteiger partial charge in [-0.25, -0.2) is 12.8 Å². The third-order valence-electron chi connectivity index (χ3n) is 3.48. The molecule has 1 aromatic carbocycles. The van der Waals surface area contributed by atoms with E-state index in [0.29, 0.717) is 25.6 Å². The summed E-state index contributed by atoms with van der Waals surface area (Å²) in [6.45, 7) is 1.22. The highest BCUT2D eigenvalue weighted by atomic mass is 32.2. The van der Waals surface area contributed by atoms with Crippen LogP contribution in [0.5, 0.6) is 0 Å². The summed E-state index contributed by atoms with van der Waals surface area (Å²) in [6.07, 6.45) is 0.666. The van der Waals surface area contributed by atoms with Crippen LogP contribution in [0.2, 0.25) is 0 Å². The Labute approximate surface area is 119 Å². The highest BCUT2D eigenvalue weighted by molar-refractivity contribution is 7.92. The number of hydrogen-bond donors (Lipinski definition) is 1. The first-order chi connectivity index (χ1) is 9.64. The van der Waals surface area contributed by atoms with E-state index in [1.165, 1.54) is 11.9 Å². The highest BCUT2D eigenvalue weighted by Crippen LogP contribution is 2.36. The van der Waals surface area contributed by atoms with Crippen LogP contribution in [-0.4, -0.2) is 40.1 Å². The highest BCUT2D eigenvalue weighted by Gasteiger charge is 2.48. The number of hydrogen-bond acceptors (Lipinski definition) is 4. The molecule has 1 unspecified atom stereocenters. The van der Waals surface area contributed by atoms with E-state index in [2.05, 4.69) is 5.32 Å². The zero-order chi connectivity index (χ0) is 15.8. The minimum absolute atomic E-state index is 0.141. The van der Waals surface area contributed by atoms with Gasteiger partial charge in [-0.1, -0.05) is 0 Å². The molecule has 1 atom stereocenters. The average molecular weight is 326 g/mol. The van der Waals surface area contributed by atoms with Gasteiger partial charge in [0.25, 0.3) is 9.84 Å². The fourth-order valence-corrected chi connectivity index (χ4v) is 3.29. The Hall–Kier alpha value is -1.35. The lowest BCUT2D eigenvalue weighted by molar-refractivity contribution is -0.0435. The summed E-state index contributed by atoms with van der Waals surface area (Å²) in [5.74, 6) is -1.03. The van der Waals surface area contributed by atoms with Crippen molar-refractivity contribution in [3.63, 3.8) is 0 Å². The molecule has 0 spiro atoms. The molecule has 1 heterocycles. The average Bonchev–Trinajstić information content (AvgIpc) is 2.90. The largest absolute Gasteiger partial charge is 0.501 e. The fraction of sp³-hybridized carbons (Fsp3) is 0.500. The van der Waals surface area contributed by atoms with Crippen molar-refractivity contribution in [1.82, 2.24) is 5.32 Å². The normalized spacial score (nSPS) is 19.8. The number of sulfone groups is 1. The van der Waals surface area contributed by atoms with Crippen molar-refractivity contribution in [3.8, 4) is 0 Å². The third-order valence-corrected chi connectivity index (χ3v) is 4.99. The number of alkyl halides is 3. The van der Waals surface area contributed by atoms with E-state index in [-0.39, 0.29) is 11.7 Å². The molecule has 0 amide bonds. The first kappa shape index (κ1) is 16.0. The van der Waals surface area contributed by atoms with Gasteiger partial charge in [0.05, 0.1) is 5.69 Å². The molecule has 0 aliphatic carbocycles. The topological polar surface area (TPSA) is 49.4 Å². The van der Waals surface area contributed by atoms with Crippen molar-refractivity contribution in [2.75, 3.05) is 25.0 Å². The quantitative estimate of drug-likeness (QED) is 0.862. The molecule has 0 aromatic heterocycles. The molecule has 1 aliphatic rings. The molecule has 0 radical (unpaired) electrons. The second kappa shape index (κ2) is 5.45. The van der Waals surface area contributed by atoms with Crippen LogP contribution in [0.4, 0.5) is 23.2 Å². The molecule has 2 rings (SSSR count). The van der Waals surface area contributed by atoms with Crippen molar-refractivity contribution in [2.45, 2.75) is 22.9 Å². The van der Waals surface area contributed by atoms with Gasteiger partial charge >= 0.3 is 5.51 Å². The van der Waals surface area contributed by atoms with Crippen LogP contribution in [0.15, 0.2) is 23.1 Å². The Morgan fingerprint density at radius 3 is 2.52 bits per heavy atom. The molecule has 1 aliphatic heterocycles. The molecule has 1 saturated heterocycles. The Morgan fingerprint density at radius 1 is 1.33 bits per heavy atom. The maximum atomic E-state index is 13.2. The van der Waals surface area contributed by atoms with E-state index in [1.54, 1.807) is 0 Å². The van der Waals surface area contributed by atoms with Gasteiger partial charge in [-0.15, -0.1) is 0 Å². The predicted molar refractivity (Wildman–Crippen MR) is 69.3 cm³/mol. The molecule has 1 fully saturated rings. The van der Waals surface area contributed by atoms with Crippen LogP contribution in [0.1, 0.15) is 6.42 Å². The molecule has 0 bridgehead atoms. The van der Waals surface area contributed by atoms with Crippen molar-refractivity contribution >= 4 is 15.5 Å². The van der Waals surface area contributed by atoms with Gasteiger partial charge in [-0.3, -0.25) is 0 Å². The molecule has 21 heavy (non-hydrogen) atoms. The number of nitrogens with one attached hydrogen (secondary N) is 1. The lowest BCUT2D eigenvalue weighted by atomic mass is 10.2. The standard InChI is InChI=1S/C12H14F4N2O2S/c1-18(9-4-5-17-7-9)10-3-2-8(13)6-11(10)21(19,20)12(14,15)16/h2-3,6,9,17H,4-5,7H2,1H3. The maximum absolute atomic E-state index is 13.2. The first-order valence-electron chi connectivity index (χ1n) is 6.19. The lowest BCUT2D eigenvalue weighted by Crippen LogP contribution is -2.35. The first-order valence-corrected chi connectivity index (χ1v) is 7.67. The zero-order valence-electron chi connectivity index (χ0n) is 11.1. The van der Waals surface area contributed by atoms with Gasteiger partial charge < -0.3 is 10.2 Å². The van der Waals surface area contributed by atoms with Crippen LogP contribution >= 0.6 is 0 Å². The van der Waals surface area contributed by atoms with Gasteiger partial charge in [0.2, 0.25) is 0 Å².